The van der Waals surface area contributed by atoms with E-state index in [1.165, 1.54) is 0 Å². The van der Waals surface area contributed by atoms with Crippen molar-refractivity contribution in [3.63, 3.8) is 0 Å². The SMILES string of the molecule is O=C1C(c2ccccc2)=CC(C2C=C(c3ccccc3)C(=O)c3ccccc32)c2ccccc21. The Hall–Kier alpha value is -4.30. The Morgan fingerprint density at radius 2 is 0.765 bits per heavy atom. The summed E-state index contributed by atoms with van der Waals surface area (Å²) in [4.78, 5) is 27.0. The molecule has 2 nitrogen and oxygen atoms in total. The van der Waals surface area contributed by atoms with E-state index in [0.717, 1.165) is 33.4 Å². The molecule has 0 N–H and O–H groups in total. The molecule has 0 radical (unpaired) electrons. The van der Waals surface area contributed by atoms with Crippen molar-refractivity contribution >= 4 is 22.7 Å². The van der Waals surface area contributed by atoms with Gasteiger partial charge in [-0.15, -0.1) is 0 Å². The van der Waals surface area contributed by atoms with E-state index in [1.807, 2.05) is 109 Å². The van der Waals surface area contributed by atoms with Crippen molar-refractivity contribution in [1.82, 2.24) is 0 Å². The molecule has 0 heterocycles. The molecule has 0 amide bonds. The van der Waals surface area contributed by atoms with Gasteiger partial charge in [-0.1, -0.05) is 121 Å². The molecule has 4 aromatic rings. The van der Waals surface area contributed by atoms with Crippen LogP contribution in [0.3, 0.4) is 0 Å². The van der Waals surface area contributed by atoms with Gasteiger partial charge in [0, 0.05) is 34.1 Å². The summed E-state index contributed by atoms with van der Waals surface area (Å²) in [6, 6.07) is 35.4. The van der Waals surface area contributed by atoms with Crippen LogP contribution >= 0.6 is 0 Å². The maximum Gasteiger partial charge on any atom is 0.193 e. The highest BCUT2D eigenvalue weighted by Gasteiger charge is 2.36. The number of hydrogen-bond acceptors (Lipinski definition) is 2. The van der Waals surface area contributed by atoms with Gasteiger partial charge in [0.2, 0.25) is 0 Å². The Labute approximate surface area is 198 Å². The lowest BCUT2D eigenvalue weighted by atomic mass is 9.69. The Kier molecular flexibility index (Phi) is 4.92. The lowest BCUT2D eigenvalue weighted by molar-refractivity contribution is 0.104. The molecular weight excluding hydrogens is 416 g/mol. The van der Waals surface area contributed by atoms with Gasteiger partial charge in [0.05, 0.1) is 0 Å². The predicted octanol–water partition coefficient (Wildman–Crippen LogP) is 7.11. The van der Waals surface area contributed by atoms with E-state index in [4.69, 9.17) is 0 Å². The molecule has 2 unspecified atom stereocenters. The summed E-state index contributed by atoms with van der Waals surface area (Å²) in [6.45, 7) is 0. The van der Waals surface area contributed by atoms with E-state index in [9.17, 15) is 9.59 Å². The summed E-state index contributed by atoms with van der Waals surface area (Å²) in [5.74, 6) is -0.0508. The van der Waals surface area contributed by atoms with E-state index in [1.54, 1.807) is 0 Å². The summed E-state index contributed by atoms with van der Waals surface area (Å²) in [6.07, 6.45) is 4.21. The van der Waals surface area contributed by atoms with Crippen LogP contribution in [0.1, 0.15) is 54.8 Å². The number of rotatable bonds is 3. The first-order valence-corrected chi connectivity index (χ1v) is 11.5. The zero-order chi connectivity index (χ0) is 23.1. The van der Waals surface area contributed by atoms with Crippen LogP contribution < -0.4 is 0 Å². The van der Waals surface area contributed by atoms with Gasteiger partial charge in [0.1, 0.15) is 0 Å². The van der Waals surface area contributed by atoms with Gasteiger partial charge in [0.15, 0.2) is 11.6 Å². The monoisotopic (exact) mass is 438 g/mol. The van der Waals surface area contributed by atoms with E-state index in [0.29, 0.717) is 11.1 Å². The zero-order valence-corrected chi connectivity index (χ0v) is 18.5. The van der Waals surface area contributed by atoms with Gasteiger partial charge in [-0.05, 0) is 22.3 Å². The lowest BCUT2D eigenvalue weighted by Crippen LogP contribution is -2.23. The summed E-state index contributed by atoms with van der Waals surface area (Å²) in [7, 11) is 0. The van der Waals surface area contributed by atoms with Crippen molar-refractivity contribution in [1.29, 1.82) is 0 Å². The molecule has 2 atom stereocenters. The third kappa shape index (κ3) is 3.27. The second-order valence-corrected chi connectivity index (χ2v) is 8.78. The number of carbonyl (C=O) groups excluding carboxylic acids is 2. The molecule has 0 fully saturated rings. The second kappa shape index (κ2) is 8.24. The Morgan fingerprint density at radius 1 is 0.412 bits per heavy atom. The molecular formula is C32H22O2. The van der Waals surface area contributed by atoms with Crippen molar-refractivity contribution in [3.8, 4) is 0 Å². The minimum atomic E-state index is -0.0722. The fourth-order valence-electron chi connectivity index (χ4n) is 5.25. The van der Waals surface area contributed by atoms with Gasteiger partial charge in [0.25, 0.3) is 0 Å². The van der Waals surface area contributed by atoms with Crippen LogP contribution in [0.4, 0.5) is 0 Å². The van der Waals surface area contributed by atoms with Crippen LogP contribution in [-0.2, 0) is 0 Å². The minimum Gasteiger partial charge on any atom is -0.289 e. The molecule has 2 aliphatic carbocycles. The van der Waals surface area contributed by atoms with E-state index in [-0.39, 0.29) is 23.4 Å². The third-order valence-electron chi connectivity index (χ3n) is 6.87. The first-order chi connectivity index (χ1) is 16.7. The molecule has 2 heteroatoms. The van der Waals surface area contributed by atoms with Crippen LogP contribution in [0.2, 0.25) is 0 Å². The van der Waals surface area contributed by atoms with Gasteiger partial charge in [-0.25, -0.2) is 0 Å². The van der Waals surface area contributed by atoms with E-state index in [2.05, 4.69) is 12.2 Å². The fraction of sp³-hybridized carbons (Fsp3) is 0.0625. The molecule has 2 aliphatic rings. The molecule has 6 rings (SSSR count). The van der Waals surface area contributed by atoms with Crippen LogP contribution in [0.25, 0.3) is 11.1 Å². The number of Topliss-reactive ketones (excluding diaryl/α,β-unsaturated/α-hetero) is 2. The van der Waals surface area contributed by atoms with Crippen molar-refractivity contribution < 1.29 is 9.59 Å². The molecule has 162 valence electrons. The summed E-state index contributed by atoms with van der Waals surface area (Å²) in [5, 5.41) is 0. The predicted molar refractivity (Wildman–Crippen MR) is 136 cm³/mol. The Morgan fingerprint density at radius 3 is 1.18 bits per heavy atom. The maximum absolute atomic E-state index is 13.5. The largest absolute Gasteiger partial charge is 0.289 e. The van der Waals surface area contributed by atoms with Crippen molar-refractivity contribution in [2.45, 2.75) is 11.8 Å². The van der Waals surface area contributed by atoms with Crippen LogP contribution in [0.15, 0.2) is 121 Å². The maximum atomic E-state index is 13.5. The number of allylic oxidation sites excluding steroid dienone is 4. The van der Waals surface area contributed by atoms with Gasteiger partial charge in [-0.3, -0.25) is 9.59 Å². The highest BCUT2D eigenvalue weighted by atomic mass is 16.1. The van der Waals surface area contributed by atoms with E-state index < -0.39 is 0 Å². The second-order valence-electron chi connectivity index (χ2n) is 8.78. The Bertz CT molecular complexity index is 1360. The first-order valence-electron chi connectivity index (χ1n) is 11.5. The Balaban J connectivity index is 1.59. The number of carbonyl (C=O) groups is 2. The van der Waals surface area contributed by atoms with E-state index >= 15 is 0 Å². The molecule has 0 saturated heterocycles. The summed E-state index contributed by atoms with van der Waals surface area (Å²) in [5.41, 5.74) is 6.74. The molecule has 0 saturated carbocycles. The lowest BCUT2D eigenvalue weighted by Gasteiger charge is -2.33. The zero-order valence-electron chi connectivity index (χ0n) is 18.5. The molecule has 0 bridgehead atoms. The number of ketones is 2. The molecule has 34 heavy (non-hydrogen) atoms. The summed E-state index contributed by atoms with van der Waals surface area (Å²) >= 11 is 0. The van der Waals surface area contributed by atoms with Crippen molar-refractivity contribution in [2.75, 3.05) is 0 Å². The summed E-state index contributed by atoms with van der Waals surface area (Å²) < 4.78 is 0. The van der Waals surface area contributed by atoms with Crippen LogP contribution in [0.5, 0.6) is 0 Å². The number of fused-ring (bicyclic) bond motifs is 2. The van der Waals surface area contributed by atoms with Gasteiger partial charge >= 0.3 is 0 Å². The average molecular weight is 439 g/mol. The normalized spacial score (nSPS) is 19.1. The number of benzene rings is 4. The number of hydrogen-bond donors (Lipinski definition) is 0. The van der Waals surface area contributed by atoms with Crippen LogP contribution in [-0.4, -0.2) is 11.6 Å². The fourth-order valence-corrected chi connectivity index (χ4v) is 5.25. The average Bonchev–Trinajstić information content (AvgIpc) is 2.91. The van der Waals surface area contributed by atoms with Gasteiger partial charge < -0.3 is 0 Å². The standard InChI is InChI=1S/C32H22O2/c33-31-25-17-9-7-15-23(25)29(19-27(31)21-11-3-1-4-12-21)30-20-28(22-13-5-2-6-14-22)32(34)26-18-10-8-16-24(26)30/h1-20,29-30H. The molecule has 4 aromatic carbocycles. The highest BCUT2D eigenvalue weighted by Crippen LogP contribution is 2.47. The first kappa shape index (κ1) is 20.3. The quantitative estimate of drug-likeness (QED) is 0.341. The topological polar surface area (TPSA) is 34.1 Å². The molecule has 0 aliphatic heterocycles. The minimum absolute atomic E-state index is 0.0467. The third-order valence-corrected chi connectivity index (χ3v) is 6.87. The van der Waals surface area contributed by atoms with Crippen molar-refractivity contribution in [3.05, 3.63) is 155 Å². The molecule has 0 spiro atoms. The smallest absolute Gasteiger partial charge is 0.193 e. The molecule has 0 aromatic heterocycles. The van der Waals surface area contributed by atoms with Crippen molar-refractivity contribution in [2.24, 2.45) is 0 Å². The van der Waals surface area contributed by atoms with Crippen LogP contribution in [0, 0.1) is 0 Å². The van der Waals surface area contributed by atoms with Gasteiger partial charge in [-0.2, -0.15) is 0 Å². The highest BCUT2D eigenvalue weighted by molar-refractivity contribution is 6.32.